The number of amides is 1. The van der Waals surface area contributed by atoms with Crippen molar-refractivity contribution in [3.63, 3.8) is 0 Å². The van der Waals surface area contributed by atoms with Gasteiger partial charge in [0, 0.05) is 11.9 Å². The third kappa shape index (κ3) is 2.77. The summed E-state index contributed by atoms with van der Waals surface area (Å²) in [6.45, 7) is 2.05. The van der Waals surface area contributed by atoms with E-state index in [2.05, 4.69) is 12.2 Å². The van der Waals surface area contributed by atoms with E-state index in [9.17, 15) is 9.59 Å². The van der Waals surface area contributed by atoms with E-state index in [-0.39, 0.29) is 18.0 Å². The number of benzene rings is 2. The SMILES string of the molecule is CCc1ccc(NC(=O)Cn2c(=O)c3cccn3c3ccccc32)cc1. The lowest BCUT2D eigenvalue weighted by Gasteiger charge is -2.13. The standard InChI is InChI=1S/C21H19N3O2/c1-2-15-9-11-16(12-10-15)22-20(25)14-24-18-7-4-3-6-17(18)23-13-5-8-19(23)21(24)26/h3-13H,2,14H2,1H3,(H,22,25). The summed E-state index contributed by atoms with van der Waals surface area (Å²) in [7, 11) is 0. The van der Waals surface area contributed by atoms with Crippen LogP contribution in [0.15, 0.2) is 71.7 Å². The summed E-state index contributed by atoms with van der Waals surface area (Å²) in [4.78, 5) is 25.4. The minimum absolute atomic E-state index is 0.0312. The molecule has 4 aromatic rings. The van der Waals surface area contributed by atoms with Gasteiger partial charge in [-0.2, -0.15) is 0 Å². The fourth-order valence-corrected chi connectivity index (χ4v) is 3.23. The molecule has 0 fully saturated rings. The lowest BCUT2D eigenvalue weighted by molar-refractivity contribution is -0.116. The first-order valence-electron chi connectivity index (χ1n) is 8.65. The molecule has 0 unspecified atom stereocenters. The van der Waals surface area contributed by atoms with Crippen LogP contribution in [-0.4, -0.2) is 14.9 Å². The van der Waals surface area contributed by atoms with E-state index >= 15 is 0 Å². The predicted molar refractivity (Wildman–Crippen MR) is 104 cm³/mol. The first-order valence-corrected chi connectivity index (χ1v) is 8.65. The maximum atomic E-state index is 12.8. The number of anilines is 1. The molecule has 5 heteroatoms. The van der Waals surface area contributed by atoms with Crippen molar-refractivity contribution in [1.82, 2.24) is 8.97 Å². The van der Waals surface area contributed by atoms with Crippen LogP contribution in [0.5, 0.6) is 0 Å². The lowest BCUT2D eigenvalue weighted by Crippen LogP contribution is -2.29. The molecule has 0 saturated heterocycles. The van der Waals surface area contributed by atoms with Crippen LogP contribution in [0, 0.1) is 0 Å². The quantitative estimate of drug-likeness (QED) is 0.616. The maximum Gasteiger partial charge on any atom is 0.275 e. The topological polar surface area (TPSA) is 55.5 Å². The lowest BCUT2D eigenvalue weighted by atomic mass is 10.1. The predicted octanol–water partition coefficient (Wildman–Crippen LogP) is 3.46. The Morgan fingerprint density at radius 3 is 2.35 bits per heavy atom. The Hall–Kier alpha value is -3.34. The largest absolute Gasteiger partial charge is 0.325 e. The average Bonchev–Trinajstić information content (AvgIpc) is 3.16. The van der Waals surface area contributed by atoms with Gasteiger partial charge in [-0.15, -0.1) is 0 Å². The fraction of sp³-hybridized carbons (Fsp3) is 0.143. The van der Waals surface area contributed by atoms with Crippen molar-refractivity contribution >= 4 is 28.1 Å². The summed E-state index contributed by atoms with van der Waals surface area (Å²) >= 11 is 0. The van der Waals surface area contributed by atoms with Gasteiger partial charge in [-0.25, -0.2) is 0 Å². The summed E-state index contributed by atoms with van der Waals surface area (Å²) in [5.74, 6) is -0.225. The number of carbonyl (C=O) groups is 1. The Bertz CT molecular complexity index is 1150. The molecule has 0 radical (unpaired) electrons. The first kappa shape index (κ1) is 16.1. The number of aromatic nitrogens is 2. The summed E-state index contributed by atoms with van der Waals surface area (Å²) in [6.07, 6.45) is 2.81. The van der Waals surface area contributed by atoms with Crippen LogP contribution in [0.1, 0.15) is 12.5 Å². The number of hydrogen-bond donors (Lipinski definition) is 1. The Morgan fingerprint density at radius 1 is 0.923 bits per heavy atom. The Kier molecular flexibility index (Phi) is 4.05. The van der Waals surface area contributed by atoms with Crippen molar-refractivity contribution in [3.05, 3.63) is 82.8 Å². The highest BCUT2D eigenvalue weighted by atomic mass is 16.2. The summed E-state index contributed by atoms with van der Waals surface area (Å²) in [6, 6.07) is 18.9. The van der Waals surface area contributed by atoms with Crippen molar-refractivity contribution in [2.75, 3.05) is 5.32 Å². The highest BCUT2D eigenvalue weighted by Gasteiger charge is 2.13. The van der Waals surface area contributed by atoms with E-state index in [1.54, 1.807) is 6.07 Å². The molecule has 2 heterocycles. The number of aryl methyl sites for hydroxylation is 1. The Morgan fingerprint density at radius 2 is 1.62 bits per heavy atom. The molecular formula is C21H19N3O2. The molecule has 0 saturated carbocycles. The molecule has 0 atom stereocenters. The zero-order valence-corrected chi connectivity index (χ0v) is 14.5. The summed E-state index contributed by atoms with van der Waals surface area (Å²) in [5.41, 5.74) is 3.95. The number of hydrogen-bond acceptors (Lipinski definition) is 2. The molecule has 0 bridgehead atoms. The monoisotopic (exact) mass is 345 g/mol. The van der Waals surface area contributed by atoms with Crippen LogP contribution in [0.2, 0.25) is 0 Å². The molecule has 0 aliphatic carbocycles. The van der Waals surface area contributed by atoms with Crippen LogP contribution in [-0.2, 0) is 17.8 Å². The zero-order valence-electron chi connectivity index (χ0n) is 14.5. The Balaban J connectivity index is 1.70. The minimum Gasteiger partial charge on any atom is -0.325 e. The van der Waals surface area contributed by atoms with Crippen molar-refractivity contribution in [2.24, 2.45) is 0 Å². The van der Waals surface area contributed by atoms with E-state index in [4.69, 9.17) is 0 Å². The number of para-hydroxylation sites is 2. The molecule has 0 aliphatic rings. The number of fused-ring (bicyclic) bond motifs is 3. The first-order chi connectivity index (χ1) is 12.7. The van der Waals surface area contributed by atoms with Gasteiger partial charge >= 0.3 is 0 Å². The van der Waals surface area contributed by atoms with E-state index in [0.29, 0.717) is 5.52 Å². The van der Waals surface area contributed by atoms with Crippen LogP contribution in [0.3, 0.4) is 0 Å². The molecule has 2 aromatic heterocycles. The van der Waals surface area contributed by atoms with Gasteiger partial charge in [-0.1, -0.05) is 31.2 Å². The summed E-state index contributed by atoms with van der Waals surface area (Å²) < 4.78 is 3.38. The molecule has 130 valence electrons. The third-order valence-electron chi connectivity index (χ3n) is 4.59. The molecule has 0 spiro atoms. The molecule has 2 aromatic carbocycles. The van der Waals surface area contributed by atoms with Gasteiger partial charge in [0.05, 0.1) is 11.0 Å². The second kappa shape index (κ2) is 6.52. The highest BCUT2D eigenvalue weighted by Crippen LogP contribution is 2.15. The van der Waals surface area contributed by atoms with Gasteiger partial charge in [0.1, 0.15) is 12.1 Å². The number of nitrogens with zero attached hydrogens (tertiary/aromatic N) is 2. The number of rotatable bonds is 4. The van der Waals surface area contributed by atoms with E-state index in [1.807, 2.05) is 65.2 Å². The molecule has 4 rings (SSSR count). The molecular weight excluding hydrogens is 326 g/mol. The van der Waals surface area contributed by atoms with Crippen LogP contribution < -0.4 is 10.9 Å². The molecule has 1 amide bonds. The van der Waals surface area contributed by atoms with Crippen LogP contribution in [0.4, 0.5) is 5.69 Å². The van der Waals surface area contributed by atoms with Gasteiger partial charge in [-0.3, -0.25) is 14.2 Å². The normalized spacial score (nSPS) is 11.1. The molecule has 26 heavy (non-hydrogen) atoms. The smallest absolute Gasteiger partial charge is 0.275 e. The van der Waals surface area contributed by atoms with E-state index in [1.165, 1.54) is 10.1 Å². The number of nitrogens with one attached hydrogen (secondary N) is 1. The van der Waals surface area contributed by atoms with Gasteiger partial charge in [0.25, 0.3) is 5.56 Å². The average molecular weight is 345 g/mol. The van der Waals surface area contributed by atoms with Crippen molar-refractivity contribution in [3.8, 4) is 0 Å². The second-order valence-electron chi connectivity index (χ2n) is 6.24. The Labute approximate surface area is 150 Å². The van der Waals surface area contributed by atoms with Crippen molar-refractivity contribution in [1.29, 1.82) is 0 Å². The van der Waals surface area contributed by atoms with Gasteiger partial charge in [-0.05, 0) is 48.4 Å². The molecule has 5 nitrogen and oxygen atoms in total. The maximum absolute atomic E-state index is 12.8. The molecule has 1 N–H and O–H groups in total. The highest BCUT2D eigenvalue weighted by molar-refractivity contribution is 5.91. The van der Waals surface area contributed by atoms with Crippen molar-refractivity contribution in [2.45, 2.75) is 19.9 Å². The third-order valence-corrected chi connectivity index (χ3v) is 4.59. The molecule has 0 aliphatic heterocycles. The zero-order chi connectivity index (χ0) is 18.1. The van der Waals surface area contributed by atoms with Gasteiger partial charge in [0.15, 0.2) is 0 Å². The second-order valence-corrected chi connectivity index (χ2v) is 6.24. The fourth-order valence-electron chi connectivity index (χ4n) is 3.23. The van der Waals surface area contributed by atoms with Gasteiger partial charge < -0.3 is 9.72 Å². The van der Waals surface area contributed by atoms with Crippen LogP contribution >= 0.6 is 0 Å². The van der Waals surface area contributed by atoms with Gasteiger partial charge in [0.2, 0.25) is 5.91 Å². The minimum atomic E-state index is -0.225. The number of carbonyl (C=O) groups excluding carboxylic acids is 1. The summed E-state index contributed by atoms with van der Waals surface area (Å²) in [5, 5.41) is 2.87. The van der Waals surface area contributed by atoms with E-state index in [0.717, 1.165) is 23.1 Å². The van der Waals surface area contributed by atoms with Crippen LogP contribution in [0.25, 0.3) is 16.6 Å². The van der Waals surface area contributed by atoms with Crippen molar-refractivity contribution < 1.29 is 4.79 Å². The van der Waals surface area contributed by atoms with E-state index < -0.39 is 0 Å².